The van der Waals surface area contributed by atoms with E-state index in [1.165, 1.54) is 0 Å². The van der Waals surface area contributed by atoms with E-state index in [4.69, 9.17) is 0 Å². The van der Waals surface area contributed by atoms with Crippen LogP contribution in [0.1, 0.15) is 12.0 Å². The van der Waals surface area contributed by atoms with Gasteiger partial charge in [-0.05, 0) is 42.0 Å². The number of rotatable bonds is 5. The number of hydrogen-bond acceptors (Lipinski definition) is 2. The van der Waals surface area contributed by atoms with Gasteiger partial charge in [-0.2, -0.15) is 0 Å². The van der Waals surface area contributed by atoms with Gasteiger partial charge >= 0.3 is 12.0 Å². The second kappa shape index (κ2) is 8.22. The highest BCUT2D eigenvalue weighted by Gasteiger charge is 2.33. The van der Waals surface area contributed by atoms with E-state index in [9.17, 15) is 14.7 Å². The summed E-state index contributed by atoms with van der Waals surface area (Å²) >= 11 is 6.80. The lowest BCUT2D eigenvalue weighted by Crippen LogP contribution is -2.53. The molecule has 0 radical (unpaired) electrons. The minimum atomic E-state index is -0.844. The van der Waals surface area contributed by atoms with Crippen LogP contribution in [0.5, 0.6) is 0 Å². The zero-order chi connectivity index (χ0) is 18.7. The van der Waals surface area contributed by atoms with Gasteiger partial charge in [0.1, 0.15) is 0 Å². The summed E-state index contributed by atoms with van der Waals surface area (Å²) in [7, 11) is 0. The molecule has 0 aromatic heterocycles. The molecule has 1 unspecified atom stereocenters. The summed E-state index contributed by atoms with van der Waals surface area (Å²) in [6.45, 7) is 1.30. The van der Waals surface area contributed by atoms with Crippen molar-refractivity contribution in [2.75, 3.05) is 18.0 Å². The number of carboxylic acid groups (broad SMARTS) is 1. The number of hydrogen-bond donors (Lipinski definition) is 1. The number of carboxylic acids is 1. The average molecular weight is 482 g/mol. The first-order valence-electron chi connectivity index (χ1n) is 8.20. The number of anilines is 1. The Morgan fingerprint density at radius 3 is 2.15 bits per heavy atom. The highest BCUT2D eigenvalue weighted by molar-refractivity contribution is 9.10. The third-order valence-corrected chi connectivity index (χ3v) is 5.37. The van der Waals surface area contributed by atoms with Crippen molar-refractivity contribution in [1.82, 2.24) is 4.90 Å². The molecule has 1 N–H and O–H groups in total. The van der Waals surface area contributed by atoms with E-state index in [0.29, 0.717) is 19.6 Å². The zero-order valence-corrected chi connectivity index (χ0v) is 17.1. The van der Waals surface area contributed by atoms with Gasteiger partial charge in [0.15, 0.2) is 0 Å². The predicted molar refractivity (Wildman–Crippen MR) is 107 cm³/mol. The molecule has 5 nitrogen and oxygen atoms in total. The van der Waals surface area contributed by atoms with Crippen LogP contribution in [0.15, 0.2) is 57.5 Å². The number of amides is 2. The van der Waals surface area contributed by atoms with Crippen molar-refractivity contribution in [3.8, 4) is 0 Å². The van der Waals surface area contributed by atoms with E-state index >= 15 is 0 Å². The lowest BCUT2D eigenvalue weighted by molar-refractivity contribution is -0.138. The van der Waals surface area contributed by atoms with Gasteiger partial charge in [-0.1, -0.05) is 44.0 Å². The fraction of sp³-hybridized carbons (Fsp3) is 0.263. The van der Waals surface area contributed by atoms with Gasteiger partial charge in [-0.3, -0.25) is 9.69 Å². The second-order valence-corrected chi connectivity index (χ2v) is 8.17. The summed E-state index contributed by atoms with van der Waals surface area (Å²) in [6, 6.07) is 15.2. The monoisotopic (exact) mass is 480 g/mol. The van der Waals surface area contributed by atoms with E-state index in [1.807, 2.05) is 48.5 Å². The van der Waals surface area contributed by atoms with E-state index in [0.717, 1.165) is 20.2 Å². The molecule has 1 aliphatic heterocycles. The van der Waals surface area contributed by atoms with Crippen LogP contribution in [-0.2, 0) is 11.3 Å². The first-order valence-corrected chi connectivity index (χ1v) is 9.79. The van der Waals surface area contributed by atoms with E-state index < -0.39 is 5.97 Å². The number of halogens is 2. The van der Waals surface area contributed by atoms with Crippen molar-refractivity contribution in [2.45, 2.75) is 13.0 Å². The number of urea groups is 1. The molecule has 1 saturated heterocycles. The highest BCUT2D eigenvalue weighted by Crippen LogP contribution is 2.27. The Labute approximate surface area is 168 Å². The molecule has 1 fully saturated rings. The van der Waals surface area contributed by atoms with E-state index in [1.54, 1.807) is 9.80 Å². The van der Waals surface area contributed by atoms with Gasteiger partial charge in [0.05, 0.1) is 6.42 Å². The number of aliphatic carboxylic acids is 1. The highest BCUT2D eigenvalue weighted by atomic mass is 79.9. The Hall–Kier alpha value is -1.86. The number of benzene rings is 2. The van der Waals surface area contributed by atoms with Crippen LogP contribution in [0.4, 0.5) is 10.5 Å². The molecule has 1 atom stereocenters. The van der Waals surface area contributed by atoms with Crippen LogP contribution in [-0.4, -0.2) is 35.1 Å². The standard InChI is InChI=1S/C19H18Br2N2O3/c20-15-3-1-13(2-4-15)10-22-11-14(9-18(24)25)12-23(19(22)26)17-7-5-16(21)6-8-17/h1-8,14H,9-12H2,(H,24,25). The van der Waals surface area contributed by atoms with Gasteiger partial charge in [-0.25, -0.2) is 4.79 Å². The van der Waals surface area contributed by atoms with Crippen LogP contribution < -0.4 is 4.90 Å². The molecule has 2 aromatic carbocycles. The van der Waals surface area contributed by atoms with Crippen molar-refractivity contribution in [1.29, 1.82) is 0 Å². The topological polar surface area (TPSA) is 60.9 Å². The van der Waals surface area contributed by atoms with Crippen LogP contribution in [0.25, 0.3) is 0 Å². The van der Waals surface area contributed by atoms with Crippen molar-refractivity contribution < 1.29 is 14.7 Å². The Kier molecular flexibility index (Phi) is 5.98. The first-order chi connectivity index (χ1) is 12.4. The Morgan fingerprint density at radius 2 is 1.58 bits per heavy atom. The quantitative estimate of drug-likeness (QED) is 0.670. The fourth-order valence-electron chi connectivity index (χ4n) is 3.11. The van der Waals surface area contributed by atoms with Crippen LogP contribution in [0.3, 0.4) is 0 Å². The maximum Gasteiger partial charge on any atom is 0.324 e. The van der Waals surface area contributed by atoms with Gasteiger partial charge in [-0.15, -0.1) is 0 Å². The molecule has 26 heavy (non-hydrogen) atoms. The molecule has 2 aromatic rings. The molecule has 0 bridgehead atoms. The normalized spacial score (nSPS) is 17.5. The molecule has 1 heterocycles. The minimum absolute atomic E-state index is 0.0388. The van der Waals surface area contributed by atoms with Gasteiger partial charge < -0.3 is 10.0 Å². The molecule has 2 amide bonds. The lowest BCUT2D eigenvalue weighted by Gasteiger charge is -2.40. The molecule has 7 heteroatoms. The lowest BCUT2D eigenvalue weighted by atomic mass is 10.0. The molecule has 1 aliphatic rings. The summed E-state index contributed by atoms with van der Waals surface area (Å²) < 4.78 is 1.91. The first kappa shape index (κ1) is 18.9. The maximum atomic E-state index is 13.0. The molecular formula is C19H18Br2N2O3. The molecule has 3 rings (SSSR count). The molecule has 136 valence electrons. The van der Waals surface area contributed by atoms with Gasteiger partial charge in [0, 0.05) is 40.2 Å². The SMILES string of the molecule is O=C(O)CC1CN(Cc2ccc(Br)cc2)C(=O)N(c2ccc(Br)cc2)C1. The maximum absolute atomic E-state index is 13.0. The van der Waals surface area contributed by atoms with Crippen molar-refractivity contribution in [2.24, 2.45) is 5.92 Å². The van der Waals surface area contributed by atoms with Crippen LogP contribution in [0, 0.1) is 5.92 Å². The summed E-state index contributed by atoms with van der Waals surface area (Å²) in [4.78, 5) is 27.6. The molecule has 0 saturated carbocycles. The summed E-state index contributed by atoms with van der Waals surface area (Å²) in [5.74, 6) is -0.965. The fourth-order valence-corrected chi connectivity index (χ4v) is 3.64. The van der Waals surface area contributed by atoms with Crippen molar-refractivity contribution in [3.63, 3.8) is 0 Å². The number of carbonyl (C=O) groups excluding carboxylic acids is 1. The van der Waals surface area contributed by atoms with Gasteiger partial charge in [0.25, 0.3) is 0 Å². The van der Waals surface area contributed by atoms with E-state index in [2.05, 4.69) is 31.9 Å². The summed E-state index contributed by atoms with van der Waals surface area (Å²) in [6.07, 6.45) is 0.0388. The van der Waals surface area contributed by atoms with Crippen molar-refractivity contribution >= 4 is 49.5 Å². The second-order valence-electron chi connectivity index (χ2n) is 6.34. The Balaban J connectivity index is 1.84. The average Bonchev–Trinajstić information content (AvgIpc) is 2.60. The largest absolute Gasteiger partial charge is 0.481 e. The van der Waals surface area contributed by atoms with Gasteiger partial charge in [0.2, 0.25) is 0 Å². The third kappa shape index (κ3) is 4.65. The summed E-state index contributed by atoms with van der Waals surface area (Å²) in [5.41, 5.74) is 1.78. The third-order valence-electron chi connectivity index (χ3n) is 4.31. The predicted octanol–water partition coefficient (Wildman–Crippen LogP) is 4.74. The molecule has 0 spiro atoms. The smallest absolute Gasteiger partial charge is 0.324 e. The number of nitrogens with zero attached hydrogens (tertiary/aromatic N) is 2. The van der Waals surface area contributed by atoms with Crippen LogP contribution >= 0.6 is 31.9 Å². The summed E-state index contributed by atoms with van der Waals surface area (Å²) in [5, 5.41) is 9.20. The Bertz CT molecular complexity index is 793. The molecule has 0 aliphatic carbocycles. The number of carbonyl (C=O) groups is 2. The van der Waals surface area contributed by atoms with Crippen molar-refractivity contribution in [3.05, 3.63) is 63.0 Å². The Morgan fingerprint density at radius 1 is 1.00 bits per heavy atom. The van der Waals surface area contributed by atoms with E-state index in [-0.39, 0.29) is 18.4 Å². The molecular weight excluding hydrogens is 464 g/mol. The minimum Gasteiger partial charge on any atom is -0.481 e. The van der Waals surface area contributed by atoms with Crippen LogP contribution in [0.2, 0.25) is 0 Å². The zero-order valence-electron chi connectivity index (χ0n) is 13.9.